The van der Waals surface area contributed by atoms with Gasteiger partial charge in [-0.25, -0.2) is 4.98 Å². The van der Waals surface area contributed by atoms with E-state index in [1.54, 1.807) is 0 Å². The average Bonchev–Trinajstić information content (AvgIpc) is 3.13. The zero-order valence-corrected chi connectivity index (χ0v) is 17.3. The number of carbonyl (C=O) groups is 2. The van der Waals surface area contributed by atoms with E-state index >= 15 is 0 Å². The summed E-state index contributed by atoms with van der Waals surface area (Å²) in [7, 11) is 0. The van der Waals surface area contributed by atoms with Gasteiger partial charge in [-0.1, -0.05) is 19.0 Å². The van der Waals surface area contributed by atoms with E-state index in [0.29, 0.717) is 74.6 Å². The number of morpholine rings is 1. The summed E-state index contributed by atoms with van der Waals surface area (Å²) in [4.78, 5) is 34.3. The third kappa shape index (κ3) is 3.85. The molecule has 0 saturated carbocycles. The van der Waals surface area contributed by atoms with Crippen molar-refractivity contribution in [1.29, 1.82) is 0 Å². The second-order valence-corrected chi connectivity index (χ2v) is 8.20. The largest absolute Gasteiger partial charge is 0.378 e. The standard InChI is InChI=1S/C21H28N4O4/c1-13(2)17-12-16(18-14(3)23-29-19(18)22-17)21(27)24-6-4-15(5-7-24)20(26)25-8-10-28-11-9-25/h12-13,15H,4-11H2,1-3H3. The fraction of sp³-hybridized carbons (Fsp3) is 0.619. The molecule has 0 bridgehead atoms. The number of likely N-dealkylation sites (tertiary alicyclic amines) is 1. The molecule has 2 aromatic heterocycles. The predicted molar refractivity (Wildman–Crippen MR) is 107 cm³/mol. The number of piperidine rings is 1. The van der Waals surface area contributed by atoms with Crippen LogP contribution in [-0.2, 0) is 9.53 Å². The molecule has 2 amide bonds. The molecule has 0 atom stereocenters. The van der Waals surface area contributed by atoms with Gasteiger partial charge < -0.3 is 19.1 Å². The molecule has 2 aliphatic heterocycles. The number of fused-ring (bicyclic) bond motifs is 1. The lowest BCUT2D eigenvalue weighted by molar-refractivity contribution is -0.141. The Morgan fingerprint density at radius 1 is 1.10 bits per heavy atom. The van der Waals surface area contributed by atoms with Crippen molar-refractivity contribution in [3.8, 4) is 0 Å². The van der Waals surface area contributed by atoms with E-state index in [0.717, 1.165) is 5.69 Å². The quantitative estimate of drug-likeness (QED) is 0.786. The molecule has 2 aromatic rings. The zero-order chi connectivity index (χ0) is 20.5. The van der Waals surface area contributed by atoms with Crippen molar-refractivity contribution in [3.63, 3.8) is 0 Å². The number of amides is 2. The first-order valence-electron chi connectivity index (χ1n) is 10.4. The lowest BCUT2D eigenvalue weighted by Crippen LogP contribution is -2.47. The number of hydrogen-bond acceptors (Lipinski definition) is 6. The summed E-state index contributed by atoms with van der Waals surface area (Å²) in [5.41, 5.74) is 2.49. The smallest absolute Gasteiger partial charge is 0.259 e. The van der Waals surface area contributed by atoms with Crippen LogP contribution in [0.2, 0.25) is 0 Å². The molecule has 0 aromatic carbocycles. The van der Waals surface area contributed by atoms with Crippen LogP contribution >= 0.6 is 0 Å². The third-order valence-corrected chi connectivity index (χ3v) is 5.91. The maximum absolute atomic E-state index is 13.3. The second kappa shape index (κ2) is 8.10. The van der Waals surface area contributed by atoms with Crippen molar-refractivity contribution in [3.05, 3.63) is 23.0 Å². The number of carbonyl (C=O) groups excluding carboxylic acids is 2. The molecule has 2 saturated heterocycles. The fourth-order valence-corrected chi connectivity index (χ4v) is 4.12. The van der Waals surface area contributed by atoms with E-state index < -0.39 is 0 Å². The lowest BCUT2D eigenvalue weighted by atomic mass is 9.94. The summed E-state index contributed by atoms with van der Waals surface area (Å²) >= 11 is 0. The Morgan fingerprint density at radius 3 is 2.45 bits per heavy atom. The van der Waals surface area contributed by atoms with Crippen molar-refractivity contribution in [2.75, 3.05) is 39.4 Å². The van der Waals surface area contributed by atoms with Crippen LogP contribution in [0.1, 0.15) is 54.4 Å². The first kappa shape index (κ1) is 19.8. The van der Waals surface area contributed by atoms with E-state index in [1.165, 1.54) is 0 Å². The van der Waals surface area contributed by atoms with Gasteiger partial charge in [0.25, 0.3) is 11.6 Å². The fourth-order valence-electron chi connectivity index (χ4n) is 4.12. The first-order chi connectivity index (χ1) is 14.0. The lowest BCUT2D eigenvalue weighted by Gasteiger charge is -2.35. The minimum Gasteiger partial charge on any atom is -0.378 e. The van der Waals surface area contributed by atoms with E-state index in [2.05, 4.69) is 10.1 Å². The topological polar surface area (TPSA) is 88.8 Å². The number of aromatic nitrogens is 2. The number of hydrogen-bond donors (Lipinski definition) is 0. The normalized spacial score (nSPS) is 18.6. The summed E-state index contributed by atoms with van der Waals surface area (Å²) in [6, 6.07) is 1.87. The van der Waals surface area contributed by atoms with Gasteiger partial charge in [-0.3, -0.25) is 9.59 Å². The van der Waals surface area contributed by atoms with Gasteiger partial charge in [0.15, 0.2) is 0 Å². The molecular weight excluding hydrogens is 372 g/mol. The molecule has 8 nitrogen and oxygen atoms in total. The number of ether oxygens (including phenoxy) is 1. The van der Waals surface area contributed by atoms with Gasteiger partial charge in [0.1, 0.15) is 0 Å². The van der Waals surface area contributed by atoms with Crippen LogP contribution in [-0.4, -0.2) is 71.1 Å². The zero-order valence-electron chi connectivity index (χ0n) is 17.3. The molecule has 0 unspecified atom stereocenters. The molecule has 0 N–H and O–H groups in total. The minimum atomic E-state index is -0.0390. The van der Waals surface area contributed by atoms with Crippen molar-refractivity contribution in [2.45, 2.75) is 39.5 Å². The predicted octanol–water partition coefficient (Wildman–Crippen LogP) is 2.37. The highest BCUT2D eigenvalue weighted by Gasteiger charge is 2.32. The average molecular weight is 400 g/mol. The van der Waals surface area contributed by atoms with Gasteiger partial charge >= 0.3 is 0 Å². The highest BCUT2D eigenvalue weighted by atomic mass is 16.5. The molecule has 156 valence electrons. The summed E-state index contributed by atoms with van der Waals surface area (Å²) < 4.78 is 10.7. The Morgan fingerprint density at radius 2 is 1.79 bits per heavy atom. The van der Waals surface area contributed by atoms with Gasteiger partial charge in [-0.05, 0) is 31.7 Å². The molecule has 0 spiro atoms. The second-order valence-electron chi connectivity index (χ2n) is 8.20. The van der Waals surface area contributed by atoms with Gasteiger partial charge in [-0.15, -0.1) is 0 Å². The van der Waals surface area contributed by atoms with Crippen molar-refractivity contribution < 1.29 is 18.8 Å². The van der Waals surface area contributed by atoms with Crippen LogP contribution in [0.4, 0.5) is 0 Å². The number of nitrogens with zero attached hydrogens (tertiary/aromatic N) is 4. The monoisotopic (exact) mass is 400 g/mol. The van der Waals surface area contributed by atoms with E-state index in [-0.39, 0.29) is 23.7 Å². The van der Waals surface area contributed by atoms with Crippen molar-refractivity contribution in [1.82, 2.24) is 19.9 Å². The molecule has 29 heavy (non-hydrogen) atoms. The molecule has 4 rings (SSSR count). The Hall–Kier alpha value is -2.48. The number of rotatable bonds is 3. The number of pyridine rings is 1. The molecule has 2 aliphatic rings. The molecule has 0 radical (unpaired) electrons. The van der Waals surface area contributed by atoms with E-state index in [1.807, 2.05) is 36.6 Å². The highest BCUT2D eigenvalue weighted by Crippen LogP contribution is 2.28. The maximum Gasteiger partial charge on any atom is 0.259 e. The molecular formula is C21H28N4O4. The van der Waals surface area contributed by atoms with E-state index in [4.69, 9.17) is 9.26 Å². The summed E-state index contributed by atoms with van der Waals surface area (Å²) in [6.07, 6.45) is 1.38. The van der Waals surface area contributed by atoms with Crippen LogP contribution < -0.4 is 0 Å². The summed E-state index contributed by atoms with van der Waals surface area (Å²) in [6.45, 7) is 9.59. The Bertz CT molecular complexity index is 909. The van der Waals surface area contributed by atoms with Crippen molar-refractivity contribution in [2.24, 2.45) is 5.92 Å². The van der Waals surface area contributed by atoms with Crippen LogP contribution in [0.3, 0.4) is 0 Å². The van der Waals surface area contributed by atoms with Crippen LogP contribution in [0.5, 0.6) is 0 Å². The molecule has 8 heteroatoms. The van der Waals surface area contributed by atoms with Gasteiger partial charge in [-0.2, -0.15) is 0 Å². The Labute approximate surface area is 170 Å². The maximum atomic E-state index is 13.3. The summed E-state index contributed by atoms with van der Waals surface area (Å²) in [5.74, 6) is 0.318. The van der Waals surface area contributed by atoms with E-state index in [9.17, 15) is 9.59 Å². The van der Waals surface area contributed by atoms with Gasteiger partial charge in [0, 0.05) is 37.8 Å². The SMILES string of the molecule is Cc1noc2nc(C(C)C)cc(C(=O)N3CCC(C(=O)N4CCOCC4)CC3)c12. The molecule has 0 aliphatic carbocycles. The molecule has 2 fully saturated rings. The molecule has 4 heterocycles. The summed E-state index contributed by atoms with van der Waals surface area (Å²) in [5, 5.41) is 4.69. The van der Waals surface area contributed by atoms with Crippen LogP contribution in [0, 0.1) is 12.8 Å². The Balaban J connectivity index is 1.50. The van der Waals surface area contributed by atoms with Gasteiger partial charge in [0.2, 0.25) is 5.91 Å². The van der Waals surface area contributed by atoms with Gasteiger partial charge in [0.05, 0.1) is 29.9 Å². The Kier molecular flexibility index (Phi) is 5.54. The first-order valence-corrected chi connectivity index (χ1v) is 10.4. The third-order valence-electron chi connectivity index (χ3n) is 5.91. The number of aryl methyl sites for hydroxylation is 1. The van der Waals surface area contributed by atoms with Crippen molar-refractivity contribution >= 4 is 22.9 Å². The van der Waals surface area contributed by atoms with Crippen LogP contribution in [0.15, 0.2) is 10.6 Å². The van der Waals surface area contributed by atoms with Crippen LogP contribution in [0.25, 0.3) is 11.1 Å². The highest BCUT2D eigenvalue weighted by molar-refractivity contribution is 6.06. The minimum absolute atomic E-state index is 0.0156.